The fraction of sp³-hybridized carbons (Fsp3) is 0.440. The third kappa shape index (κ3) is 4.62. The van der Waals surface area contributed by atoms with Crippen molar-refractivity contribution in [1.82, 2.24) is 9.55 Å². The predicted octanol–water partition coefficient (Wildman–Crippen LogP) is 4.99. The molecule has 0 amide bonds. The van der Waals surface area contributed by atoms with E-state index < -0.39 is 30.2 Å². The zero-order chi connectivity index (χ0) is 24.8. The van der Waals surface area contributed by atoms with E-state index in [1.807, 2.05) is 19.9 Å². The van der Waals surface area contributed by atoms with Crippen LogP contribution in [0.3, 0.4) is 0 Å². The largest absolute Gasteiger partial charge is 0.496 e. The number of benzene rings is 1. The summed E-state index contributed by atoms with van der Waals surface area (Å²) < 4.78 is 49.9. The molecule has 0 aliphatic heterocycles. The van der Waals surface area contributed by atoms with Crippen LogP contribution in [0.4, 0.5) is 13.2 Å². The molecule has 2 heterocycles. The number of methoxy groups -OCH3 is 1. The van der Waals surface area contributed by atoms with Gasteiger partial charge in [0.05, 0.1) is 25.4 Å². The molecular weight excluding hydrogens is 433 g/mol. The average molecular weight is 463 g/mol. The Bertz CT molecular complexity index is 1250. The molecule has 3 rings (SSSR count). The molecule has 0 fully saturated rings. The van der Waals surface area contributed by atoms with E-state index in [0.717, 1.165) is 11.1 Å². The Morgan fingerprint density at radius 2 is 1.79 bits per heavy atom. The van der Waals surface area contributed by atoms with Crippen molar-refractivity contribution in [1.29, 1.82) is 0 Å². The fourth-order valence-electron chi connectivity index (χ4n) is 4.59. The number of nitrogens with zero attached hydrogens (tertiary/aromatic N) is 2. The number of hydrogen-bond acceptors (Lipinski definition) is 4. The second-order valence-corrected chi connectivity index (χ2v) is 9.41. The van der Waals surface area contributed by atoms with E-state index in [0.29, 0.717) is 11.3 Å². The number of pyridine rings is 2. The van der Waals surface area contributed by atoms with E-state index in [4.69, 9.17) is 4.74 Å². The lowest BCUT2D eigenvalue weighted by Crippen LogP contribution is -2.52. The highest BCUT2D eigenvalue weighted by molar-refractivity contribution is 5.78. The van der Waals surface area contributed by atoms with Gasteiger partial charge in [-0.15, -0.1) is 0 Å². The first-order valence-electron chi connectivity index (χ1n) is 10.6. The molecule has 0 spiro atoms. The van der Waals surface area contributed by atoms with Crippen molar-refractivity contribution in [3.05, 3.63) is 69.3 Å². The van der Waals surface area contributed by atoms with Crippen LogP contribution in [0.25, 0.3) is 10.9 Å². The number of ether oxygens (including phenoxy) is 1. The first kappa shape index (κ1) is 24.8. The van der Waals surface area contributed by atoms with Crippen molar-refractivity contribution in [3.63, 3.8) is 0 Å². The predicted molar refractivity (Wildman–Crippen MR) is 122 cm³/mol. The van der Waals surface area contributed by atoms with Gasteiger partial charge in [0.25, 0.3) is 0 Å². The van der Waals surface area contributed by atoms with Gasteiger partial charge in [0, 0.05) is 28.9 Å². The summed E-state index contributed by atoms with van der Waals surface area (Å²) in [7, 11) is 1.48. The SMILES string of the molecule is COc1c(C)cc(C)cc1C(C)(C)CC(O)(Cn1cc(C)c(=O)c2ccncc21)C(F)(F)F. The average Bonchev–Trinajstić information content (AvgIpc) is 2.70. The lowest BCUT2D eigenvalue weighted by molar-refractivity contribution is -0.271. The highest BCUT2D eigenvalue weighted by Crippen LogP contribution is 2.45. The third-order valence-corrected chi connectivity index (χ3v) is 6.11. The van der Waals surface area contributed by atoms with Crippen LogP contribution in [0.5, 0.6) is 5.75 Å². The molecule has 0 aliphatic carbocycles. The lowest BCUT2D eigenvalue weighted by Gasteiger charge is -2.39. The van der Waals surface area contributed by atoms with Crippen LogP contribution in [-0.4, -0.2) is 33.5 Å². The summed E-state index contributed by atoms with van der Waals surface area (Å²) in [5.74, 6) is 0.504. The summed E-state index contributed by atoms with van der Waals surface area (Å²) in [5.41, 5.74) is -1.64. The smallest absolute Gasteiger partial charge is 0.418 e. The molecule has 1 atom stereocenters. The first-order valence-corrected chi connectivity index (χ1v) is 10.6. The van der Waals surface area contributed by atoms with Crippen LogP contribution >= 0.6 is 0 Å². The highest BCUT2D eigenvalue weighted by Gasteiger charge is 2.56. The molecular formula is C25H29F3N2O3. The molecule has 2 aromatic heterocycles. The molecule has 1 unspecified atom stereocenters. The number of aryl methyl sites for hydroxylation is 3. The molecule has 178 valence electrons. The molecule has 0 saturated heterocycles. The summed E-state index contributed by atoms with van der Waals surface area (Å²) in [6.07, 6.45) is -1.45. The Labute approximate surface area is 190 Å². The van der Waals surface area contributed by atoms with E-state index in [9.17, 15) is 23.1 Å². The van der Waals surface area contributed by atoms with Gasteiger partial charge in [-0.2, -0.15) is 13.2 Å². The molecule has 0 bridgehead atoms. The number of halogens is 3. The molecule has 8 heteroatoms. The fourth-order valence-corrected chi connectivity index (χ4v) is 4.59. The molecule has 5 nitrogen and oxygen atoms in total. The van der Waals surface area contributed by atoms with Gasteiger partial charge in [-0.3, -0.25) is 9.78 Å². The number of fused-ring (bicyclic) bond motifs is 1. The summed E-state index contributed by atoms with van der Waals surface area (Å²) in [6, 6.07) is 5.17. The number of alkyl halides is 3. The second kappa shape index (κ2) is 8.48. The van der Waals surface area contributed by atoms with Gasteiger partial charge in [0.15, 0.2) is 11.0 Å². The quantitative estimate of drug-likeness (QED) is 0.561. The van der Waals surface area contributed by atoms with E-state index in [-0.39, 0.29) is 21.9 Å². The summed E-state index contributed by atoms with van der Waals surface area (Å²) >= 11 is 0. The van der Waals surface area contributed by atoms with Gasteiger partial charge < -0.3 is 14.4 Å². The van der Waals surface area contributed by atoms with Crippen molar-refractivity contribution in [2.75, 3.05) is 7.11 Å². The minimum Gasteiger partial charge on any atom is -0.496 e. The molecule has 1 aromatic carbocycles. The normalized spacial score (nSPS) is 14.4. The Morgan fingerprint density at radius 3 is 2.39 bits per heavy atom. The molecule has 0 saturated carbocycles. The first-order chi connectivity index (χ1) is 15.2. The molecule has 33 heavy (non-hydrogen) atoms. The maximum atomic E-state index is 14.4. The van der Waals surface area contributed by atoms with Gasteiger partial charge in [-0.25, -0.2) is 0 Å². The van der Waals surface area contributed by atoms with Crippen LogP contribution in [0.15, 0.2) is 41.6 Å². The lowest BCUT2D eigenvalue weighted by atomic mass is 9.73. The molecule has 0 radical (unpaired) electrons. The number of aromatic nitrogens is 2. The van der Waals surface area contributed by atoms with Gasteiger partial charge in [-0.05, 0) is 44.2 Å². The second-order valence-electron chi connectivity index (χ2n) is 9.41. The van der Waals surface area contributed by atoms with E-state index >= 15 is 0 Å². The monoisotopic (exact) mass is 462 g/mol. The minimum atomic E-state index is -4.93. The minimum absolute atomic E-state index is 0.234. The van der Waals surface area contributed by atoms with Crippen LogP contribution < -0.4 is 10.2 Å². The Morgan fingerprint density at radius 1 is 1.12 bits per heavy atom. The Balaban J connectivity index is 2.14. The van der Waals surface area contributed by atoms with Crippen molar-refractivity contribution in [3.8, 4) is 5.75 Å². The molecule has 0 aliphatic rings. The van der Waals surface area contributed by atoms with Crippen molar-refractivity contribution in [2.45, 2.75) is 64.8 Å². The van der Waals surface area contributed by atoms with E-state index in [1.165, 1.54) is 43.3 Å². The van der Waals surface area contributed by atoms with Gasteiger partial charge in [0.1, 0.15) is 5.75 Å². The summed E-state index contributed by atoms with van der Waals surface area (Å²) in [4.78, 5) is 16.4. The number of aliphatic hydroxyl groups is 1. The highest BCUT2D eigenvalue weighted by atomic mass is 19.4. The Kier molecular flexibility index (Phi) is 6.37. The Hall–Kier alpha value is -2.87. The standard InChI is InChI=1S/C25H29F3N2O3/c1-15-9-16(2)22(33-6)19(10-15)23(4,5)13-24(32,25(26,27)28)14-30-12-17(3)21(31)18-7-8-29-11-20(18)30/h7-12,32H,13-14H2,1-6H3. The third-order valence-electron chi connectivity index (χ3n) is 6.11. The molecule has 1 N–H and O–H groups in total. The zero-order valence-corrected chi connectivity index (χ0v) is 19.7. The topological polar surface area (TPSA) is 64.3 Å². The van der Waals surface area contributed by atoms with Crippen molar-refractivity contribution in [2.24, 2.45) is 0 Å². The van der Waals surface area contributed by atoms with Crippen LogP contribution in [0.2, 0.25) is 0 Å². The van der Waals surface area contributed by atoms with E-state index in [1.54, 1.807) is 19.9 Å². The number of hydrogen-bond donors (Lipinski definition) is 1. The van der Waals surface area contributed by atoms with Gasteiger partial charge in [-0.1, -0.05) is 31.5 Å². The molecule has 3 aromatic rings. The van der Waals surface area contributed by atoms with E-state index in [2.05, 4.69) is 4.98 Å². The number of rotatable bonds is 6. The maximum Gasteiger partial charge on any atom is 0.418 e. The van der Waals surface area contributed by atoms with Crippen molar-refractivity contribution < 1.29 is 23.0 Å². The van der Waals surface area contributed by atoms with Crippen LogP contribution in [-0.2, 0) is 12.0 Å². The summed E-state index contributed by atoms with van der Waals surface area (Å²) in [5, 5.41) is 11.4. The van der Waals surface area contributed by atoms with Crippen molar-refractivity contribution >= 4 is 10.9 Å². The van der Waals surface area contributed by atoms with Crippen LogP contribution in [0, 0.1) is 20.8 Å². The summed E-state index contributed by atoms with van der Waals surface area (Å²) in [6.45, 7) is 7.79. The van der Waals surface area contributed by atoms with Gasteiger partial charge >= 0.3 is 6.18 Å². The zero-order valence-electron chi connectivity index (χ0n) is 19.7. The van der Waals surface area contributed by atoms with Gasteiger partial charge in [0.2, 0.25) is 0 Å². The van der Waals surface area contributed by atoms with Crippen LogP contribution in [0.1, 0.15) is 42.5 Å². The maximum absolute atomic E-state index is 14.4.